The Kier molecular flexibility index (Phi) is 6.15. The molecule has 1 aromatic rings. The standard InChI is InChI=1S/C13H18ClNO5S/c1-9(8-19-3)15(2)21(17,18)12-6-5-10(7-11(12)14)13(16)20-4/h5-7,9H,8H2,1-4H3/t9-/m1/s1. The average Bonchev–Trinajstić information content (AvgIpc) is 2.45. The Balaban J connectivity index is 3.18. The number of rotatable bonds is 6. The van der Waals surface area contributed by atoms with E-state index in [1.807, 2.05) is 0 Å². The second kappa shape index (κ2) is 7.22. The lowest BCUT2D eigenvalue weighted by Crippen LogP contribution is -2.37. The van der Waals surface area contributed by atoms with Crippen molar-refractivity contribution in [2.45, 2.75) is 17.9 Å². The molecule has 0 radical (unpaired) electrons. The number of esters is 1. The third kappa shape index (κ3) is 3.94. The summed E-state index contributed by atoms with van der Waals surface area (Å²) in [6.45, 7) is 1.98. The Morgan fingerprint density at radius 1 is 1.38 bits per heavy atom. The third-order valence-corrected chi connectivity index (χ3v) is 5.49. The van der Waals surface area contributed by atoms with E-state index >= 15 is 0 Å². The Morgan fingerprint density at radius 2 is 2.00 bits per heavy atom. The second-order valence-corrected chi connectivity index (χ2v) is 6.84. The summed E-state index contributed by atoms with van der Waals surface area (Å²) in [5.41, 5.74) is 0.189. The molecule has 1 rings (SSSR count). The summed E-state index contributed by atoms with van der Waals surface area (Å²) >= 11 is 6.00. The van der Waals surface area contributed by atoms with E-state index in [4.69, 9.17) is 16.3 Å². The van der Waals surface area contributed by atoms with Crippen LogP contribution in [0.25, 0.3) is 0 Å². The van der Waals surface area contributed by atoms with Crippen LogP contribution in [0.15, 0.2) is 23.1 Å². The first-order chi connectivity index (χ1) is 9.75. The summed E-state index contributed by atoms with van der Waals surface area (Å²) in [5.74, 6) is -0.582. The van der Waals surface area contributed by atoms with Crippen LogP contribution in [0.5, 0.6) is 0 Å². The predicted molar refractivity (Wildman–Crippen MR) is 79.1 cm³/mol. The van der Waals surface area contributed by atoms with Gasteiger partial charge in [-0.3, -0.25) is 0 Å². The van der Waals surface area contributed by atoms with E-state index in [0.29, 0.717) is 0 Å². The Morgan fingerprint density at radius 3 is 2.48 bits per heavy atom. The van der Waals surface area contributed by atoms with Crippen molar-refractivity contribution in [1.82, 2.24) is 4.31 Å². The Hall–Kier alpha value is -1.15. The highest BCUT2D eigenvalue weighted by Gasteiger charge is 2.28. The number of ether oxygens (including phenoxy) is 2. The van der Waals surface area contributed by atoms with Gasteiger partial charge in [-0.05, 0) is 25.1 Å². The molecule has 0 aromatic heterocycles. The first-order valence-corrected chi connectivity index (χ1v) is 7.92. The minimum absolute atomic E-state index is 0.0330. The molecule has 0 fully saturated rings. The minimum atomic E-state index is -3.77. The van der Waals surface area contributed by atoms with Crippen molar-refractivity contribution in [3.8, 4) is 0 Å². The van der Waals surface area contributed by atoms with Crippen LogP contribution in [0.4, 0.5) is 0 Å². The van der Waals surface area contributed by atoms with Crippen molar-refractivity contribution < 1.29 is 22.7 Å². The molecule has 0 aliphatic heterocycles. The summed E-state index contributed by atoms with van der Waals surface area (Å²) < 4.78 is 35.7. The zero-order valence-electron chi connectivity index (χ0n) is 12.3. The van der Waals surface area contributed by atoms with Crippen molar-refractivity contribution in [2.24, 2.45) is 0 Å². The maximum absolute atomic E-state index is 12.5. The quantitative estimate of drug-likeness (QED) is 0.741. The normalized spacial score (nSPS) is 13.2. The SMILES string of the molecule is COC[C@@H](C)N(C)S(=O)(=O)c1ccc(C(=O)OC)cc1Cl. The number of carbonyl (C=O) groups is 1. The van der Waals surface area contributed by atoms with Gasteiger partial charge in [-0.2, -0.15) is 4.31 Å². The van der Waals surface area contributed by atoms with Gasteiger partial charge in [0.15, 0.2) is 0 Å². The van der Waals surface area contributed by atoms with Gasteiger partial charge in [0.1, 0.15) is 4.90 Å². The van der Waals surface area contributed by atoms with Crippen LogP contribution in [-0.2, 0) is 19.5 Å². The van der Waals surface area contributed by atoms with E-state index in [2.05, 4.69) is 4.74 Å². The summed E-state index contributed by atoms with van der Waals surface area (Å²) in [6.07, 6.45) is 0. The highest BCUT2D eigenvalue weighted by Crippen LogP contribution is 2.26. The fraction of sp³-hybridized carbons (Fsp3) is 0.462. The zero-order valence-corrected chi connectivity index (χ0v) is 13.9. The average molecular weight is 336 g/mol. The monoisotopic (exact) mass is 335 g/mol. The summed E-state index contributed by atoms with van der Waals surface area (Å²) in [4.78, 5) is 11.3. The molecule has 0 saturated heterocycles. The first-order valence-electron chi connectivity index (χ1n) is 6.10. The van der Waals surface area contributed by atoms with Crippen molar-refractivity contribution in [3.05, 3.63) is 28.8 Å². The number of sulfonamides is 1. The largest absolute Gasteiger partial charge is 0.465 e. The number of benzene rings is 1. The van der Waals surface area contributed by atoms with Crippen molar-refractivity contribution in [1.29, 1.82) is 0 Å². The van der Waals surface area contributed by atoms with E-state index in [0.717, 1.165) is 0 Å². The molecule has 118 valence electrons. The van der Waals surface area contributed by atoms with Crippen LogP contribution in [0, 0.1) is 0 Å². The molecule has 6 nitrogen and oxygen atoms in total. The van der Waals surface area contributed by atoms with E-state index in [1.165, 1.54) is 43.8 Å². The Labute approximate surface area is 129 Å². The molecule has 1 aromatic carbocycles. The number of hydrogen-bond donors (Lipinski definition) is 0. The molecule has 0 N–H and O–H groups in total. The minimum Gasteiger partial charge on any atom is -0.465 e. The van der Waals surface area contributed by atoms with E-state index < -0.39 is 16.0 Å². The predicted octanol–water partition coefficient (Wildman–Crippen LogP) is 1.78. The van der Waals surface area contributed by atoms with Gasteiger partial charge in [0.05, 0.1) is 24.3 Å². The fourth-order valence-electron chi connectivity index (χ4n) is 1.69. The molecule has 0 heterocycles. The van der Waals surface area contributed by atoms with Gasteiger partial charge in [0, 0.05) is 20.2 Å². The van der Waals surface area contributed by atoms with Crippen LogP contribution in [0.3, 0.4) is 0 Å². The first kappa shape index (κ1) is 17.9. The summed E-state index contributed by atoms with van der Waals surface area (Å²) in [7, 11) is 0.409. The van der Waals surface area contributed by atoms with Gasteiger partial charge in [0.2, 0.25) is 10.0 Å². The van der Waals surface area contributed by atoms with Crippen molar-refractivity contribution in [3.63, 3.8) is 0 Å². The lowest BCUT2D eigenvalue weighted by molar-refractivity contribution is 0.0600. The molecule has 0 aliphatic rings. The number of hydrogen-bond acceptors (Lipinski definition) is 5. The summed E-state index contributed by atoms with van der Waals surface area (Å²) in [6, 6.07) is 3.57. The number of methoxy groups -OCH3 is 2. The molecule has 0 unspecified atom stereocenters. The zero-order chi connectivity index (χ0) is 16.2. The molecular formula is C13H18ClNO5S. The molecule has 0 amide bonds. The van der Waals surface area contributed by atoms with Crippen LogP contribution < -0.4 is 0 Å². The van der Waals surface area contributed by atoms with Crippen molar-refractivity contribution in [2.75, 3.05) is 27.9 Å². The van der Waals surface area contributed by atoms with Crippen LogP contribution in [0.1, 0.15) is 17.3 Å². The Bertz CT molecular complexity index is 617. The van der Waals surface area contributed by atoms with E-state index in [-0.39, 0.29) is 28.1 Å². The molecule has 0 aliphatic carbocycles. The molecule has 0 bridgehead atoms. The van der Waals surface area contributed by atoms with Gasteiger partial charge < -0.3 is 9.47 Å². The smallest absolute Gasteiger partial charge is 0.337 e. The van der Waals surface area contributed by atoms with E-state index in [1.54, 1.807) is 6.92 Å². The van der Waals surface area contributed by atoms with E-state index in [9.17, 15) is 13.2 Å². The topological polar surface area (TPSA) is 72.9 Å². The fourth-order valence-corrected chi connectivity index (χ4v) is 3.56. The van der Waals surface area contributed by atoms with Crippen LogP contribution >= 0.6 is 11.6 Å². The molecule has 0 saturated carbocycles. The molecule has 0 spiro atoms. The van der Waals surface area contributed by atoms with Crippen LogP contribution in [0.2, 0.25) is 5.02 Å². The lowest BCUT2D eigenvalue weighted by atomic mass is 10.2. The molecule has 21 heavy (non-hydrogen) atoms. The second-order valence-electron chi connectivity index (χ2n) is 4.46. The molecular weight excluding hydrogens is 318 g/mol. The van der Waals surface area contributed by atoms with Gasteiger partial charge >= 0.3 is 5.97 Å². The van der Waals surface area contributed by atoms with Gasteiger partial charge in [-0.25, -0.2) is 13.2 Å². The highest BCUT2D eigenvalue weighted by atomic mass is 35.5. The number of nitrogens with zero attached hydrogens (tertiary/aromatic N) is 1. The number of carbonyl (C=O) groups excluding carboxylic acids is 1. The number of halogens is 1. The maximum atomic E-state index is 12.5. The van der Waals surface area contributed by atoms with Gasteiger partial charge in [-0.15, -0.1) is 0 Å². The third-order valence-electron chi connectivity index (χ3n) is 3.04. The highest BCUT2D eigenvalue weighted by molar-refractivity contribution is 7.89. The van der Waals surface area contributed by atoms with Crippen LogP contribution in [-0.4, -0.2) is 52.6 Å². The summed E-state index contributed by atoms with van der Waals surface area (Å²) in [5, 5.41) is -0.0330. The molecule has 1 atom stereocenters. The molecule has 8 heteroatoms. The lowest BCUT2D eigenvalue weighted by Gasteiger charge is -2.24. The van der Waals surface area contributed by atoms with Gasteiger partial charge in [-0.1, -0.05) is 11.6 Å². The maximum Gasteiger partial charge on any atom is 0.337 e. The van der Waals surface area contributed by atoms with Gasteiger partial charge in [0.25, 0.3) is 0 Å². The van der Waals surface area contributed by atoms with Crippen molar-refractivity contribution >= 4 is 27.6 Å². The number of likely N-dealkylation sites (N-methyl/N-ethyl adjacent to an activating group) is 1.